The molecular weight excluding hydrogens is 328 g/mol. The molecule has 0 bridgehead atoms. The summed E-state index contributed by atoms with van der Waals surface area (Å²) in [4.78, 5) is 11.1. The van der Waals surface area contributed by atoms with Crippen LogP contribution in [0.4, 0.5) is 5.82 Å². The molecular formula is C16H22N4O3S. The van der Waals surface area contributed by atoms with Gasteiger partial charge in [0.15, 0.2) is 0 Å². The minimum Gasteiger partial charge on any atom is -0.497 e. The van der Waals surface area contributed by atoms with Crippen LogP contribution in [0.25, 0.3) is 10.9 Å². The lowest BCUT2D eigenvalue weighted by Crippen LogP contribution is -2.35. The molecule has 8 heteroatoms. The molecule has 0 saturated carbocycles. The minimum absolute atomic E-state index is 0.527. The monoisotopic (exact) mass is 350 g/mol. The fraction of sp³-hybridized carbons (Fsp3) is 0.500. The number of hydrogen-bond donors (Lipinski definition) is 2. The van der Waals surface area contributed by atoms with Gasteiger partial charge in [0.1, 0.15) is 17.9 Å². The Bertz CT molecular complexity index is 765. The van der Waals surface area contributed by atoms with E-state index in [2.05, 4.69) is 19.6 Å². The molecule has 1 fully saturated rings. The quantitative estimate of drug-likeness (QED) is 0.766. The van der Waals surface area contributed by atoms with Crippen LogP contribution in [-0.2, 0) is 10.9 Å². The van der Waals surface area contributed by atoms with E-state index in [1.165, 1.54) is 0 Å². The highest BCUT2D eigenvalue weighted by atomic mass is 32.2. The number of nitrogens with one attached hydrogen (secondary N) is 1. The number of methoxy groups -OCH3 is 1. The van der Waals surface area contributed by atoms with Gasteiger partial charge in [-0.3, -0.25) is 0 Å². The first-order valence-electron chi connectivity index (χ1n) is 8.09. The molecule has 0 radical (unpaired) electrons. The molecule has 2 aromatic rings. The Kier molecular flexibility index (Phi) is 5.47. The Morgan fingerprint density at radius 1 is 1.29 bits per heavy atom. The molecule has 1 N–H and O–H groups in total. The average Bonchev–Trinajstić information content (AvgIpc) is 2.61. The largest absolute Gasteiger partial charge is 0.497 e. The van der Waals surface area contributed by atoms with Crippen LogP contribution in [0.3, 0.4) is 0 Å². The fourth-order valence-electron chi connectivity index (χ4n) is 3.20. The van der Waals surface area contributed by atoms with Gasteiger partial charge in [-0.15, -0.1) is 0 Å². The lowest BCUT2D eigenvalue weighted by molar-refractivity contribution is 0.381. The molecule has 1 saturated heterocycles. The van der Waals surface area contributed by atoms with Crippen LogP contribution in [0.1, 0.15) is 19.3 Å². The van der Waals surface area contributed by atoms with Gasteiger partial charge in [-0.25, -0.2) is 23.1 Å². The van der Waals surface area contributed by atoms with Crippen molar-refractivity contribution in [2.45, 2.75) is 19.3 Å². The molecule has 0 spiro atoms. The third kappa shape index (κ3) is 3.93. The number of rotatable bonds is 6. The van der Waals surface area contributed by atoms with E-state index in [4.69, 9.17) is 4.74 Å². The SMILES string of the molecule is COc1ccc2c(N3CCC(CCN[SH](=O)=O)CC3)ncnc2c1. The van der Waals surface area contributed by atoms with Gasteiger partial charge in [-0.1, -0.05) is 0 Å². The zero-order valence-electron chi connectivity index (χ0n) is 13.6. The van der Waals surface area contributed by atoms with Gasteiger partial charge in [0.05, 0.1) is 12.6 Å². The van der Waals surface area contributed by atoms with E-state index >= 15 is 0 Å². The highest BCUT2D eigenvalue weighted by Gasteiger charge is 2.21. The van der Waals surface area contributed by atoms with Crippen LogP contribution in [0.5, 0.6) is 5.75 Å². The van der Waals surface area contributed by atoms with E-state index in [9.17, 15) is 8.42 Å². The summed E-state index contributed by atoms with van der Waals surface area (Å²) in [6.07, 6.45) is 4.56. The topological polar surface area (TPSA) is 84.4 Å². The number of ether oxygens (including phenoxy) is 1. The van der Waals surface area contributed by atoms with E-state index in [0.29, 0.717) is 12.5 Å². The Hall–Kier alpha value is -1.93. The molecule has 2 heterocycles. The highest BCUT2D eigenvalue weighted by molar-refractivity contribution is 7.70. The number of piperidine rings is 1. The van der Waals surface area contributed by atoms with Crippen molar-refractivity contribution >= 4 is 27.6 Å². The van der Waals surface area contributed by atoms with Gasteiger partial charge < -0.3 is 9.64 Å². The first-order chi connectivity index (χ1) is 11.7. The summed E-state index contributed by atoms with van der Waals surface area (Å²) in [6.45, 7) is 2.37. The standard InChI is InChI=1S/C16H22N4O3S/c1-23-13-2-3-14-15(10-13)17-11-18-16(14)20-8-5-12(6-9-20)4-7-19-24(21)22/h2-3,10-12,24H,4-9H2,1H3,(H,19,21,22). The summed E-state index contributed by atoms with van der Waals surface area (Å²) < 4.78 is 28.8. The maximum absolute atomic E-state index is 10.5. The average molecular weight is 350 g/mol. The van der Waals surface area contributed by atoms with Crippen molar-refractivity contribution in [2.24, 2.45) is 5.92 Å². The van der Waals surface area contributed by atoms with Crippen molar-refractivity contribution in [2.75, 3.05) is 31.6 Å². The maximum Gasteiger partial charge on any atom is 0.201 e. The molecule has 0 atom stereocenters. The van der Waals surface area contributed by atoms with Crippen LogP contribution < -0.4 is 14.4 Å². The Labute approximate surface area is 143 Å². The van der Waals surface area contributed by atoms with E-state index in [1.807, 2.05) is 18.2 Å². The van der Waals surface area contributed by atoms with Crippen LogP contribution in [0.15, 0.2) is 24.5 Å². The smallest absolute Gasteiger partial charge is 0.201 e. The molecule has 0 aliphatic carbocycles. The predicted octanol–water partition coefficient (Wildman–Crippen LogP) is 1.36. The van der Waals surface area contributed by atoms with E-state index in [1.54, 1.807) is 13.4 Å². The van der Waals surface area contributed by atoms with Gasteiger partial charge >= 0.3 is 0 Å². The third-order valence-corrected chi connectivity index (χ3v) is 5.01. The predicted molar refractivity (Wildman–Crippen MR) is 94.0 cm³/mol. The van der Waals surface area contributed by atoms with Crippen LogP contribution in [0.2, 0.25) is 0 Å². The zero-order chi connectivity index (χ0) is 16.9. The fourth-order valence-corrected chi connectivity index (χ4v) is 3.51. The second kappa shape index (κ2) is 7.76. The Balaban J connectivity index is 1.67. The normalized spacial score (nSPS) is 16.0. The van der Waals surface area contributed by atoms with Crippen molar-refractivity contribution in [3.8, 4) is 5.75 Å². The molecule has 1 aliphatic heterocycles. The number of hydrogen-bond acceptors (Lipinski definition) is 6. The lowest BCUT2D eigenvalue weighted by Gasteiger charge is -2.33. The highest BCUT2D eigenvalue weighted by Crippen LogP contribution is 2.29. The molecule has 1 aliphatic rings. The van der Waals surface area contributed by atoms with Gasteiger partial charge in [-0.05, 0) is 37.3 Å². The van der Waals surface area contributed by atoms with E-state index < -0.39 is 10.9 Å². The molecule has 0 amide bonds. The number of aromatic nitrogens is 2. The molecule has 0 unspecified atom stereocenters. The van der Waals surface area contributed by atoms with Crippen molar-refractivity contribution in [3.05, 3.63) is 24.5 Å². The zero-order valence-corrected chi connectivity index (χ0v) is 14.5. The van der Waals surface area contributed by atoms with E-state index in [-0.39, 0.29) is 0 Å². The van der Waals surface area contributed by atoms with E-state index in [0.717, 1.165) is 54.8 Å². The summed E-state index contributed by atoms with van der Waals surface area (Å²) in [5.41, 5.74) is 0.880. The molecule has 130 valence electrons. The molecule has 7 nitrogen and oxygen atoms in total. The Morgan fingerprint density at radius 2 is 2.08 bits per heavy atom. The maximum atomic E-state index is 10.5. The summed E-state index contributed by atoms with van der Waals surface area (Å²) in [6, 6.07) is 5.85. The summed E-state index contributed by atoms with van der Waals surface area (Å²) >= 11 is 0. The number of fused-ring (bicyclic) bond motifs is 1. The van der Waals surface area contributed by atoms with Crippen LogP contribution >= 0.6 is 0 Å². The van der Waals surface area contributed by atoms with Crippen molar-refractivity contribution in [1.29, 1.82) is 0 Å². The lowest BCUT2D eigenvalue weighted by atomic mass is 9.93. The molecule has 1 aromatic heterocycles. The second-order valence-corrected chi connectivity index (χ2v) is 6.80. The third-order valence-electron chi connectivity index (χ3n) is 4.53. The van der Waals surface area contributed by atoms with Crippen molar-refractivity contribution in [1.82, 2.24) is 14.7 Å². The number of thiol groups is 1. The van der Waals surface area contributed by atoms with Gasteiger partial charge in [-0.2, -0.15) is 0 Å². The first-order valence-corrected chi connectivity index (χ1v) is 9.26. The number of nitrogens with zero attached hydrogens (tertiary/aromatic N) is 3. The Morgan fingerprint density at radius 3 is 2.79 bits per heavy atom. The first kappa shape index (κ1) is 16.9. The summed E-state index contributed by atoms with van der Waals surface area (Å²) in [5, 5.41) is 1.03. The molecule has 1 aromatic carbocycles. The van der Waals surface area contributed by atoms with Crippen LogP contribution in [0, 0.1) is 5.92 Å². The summed E-state index contributed by atoms with van der Waals surface area (Å²) in [7, 11) is -0.839. The number of benzene rings is 1. The number of anilines is 1. The molecule has 24 heavy (non-hydrogen) atoms. The van der Waals surface area contributed by atoms with Crippen molar-refractivity contribution in [3.63, 3.8) is 0 Å². The summed E-state index contributed by atoms with van der Waals surface area (Å²) in [5.74, 6) is 2.30. The van der Waals surface area contributed by atoms with Gasteiger partial charge in [0.25, 0.3) is 0 Å². The second-order valence-electron chi connectivity index (χ2n) is 5.96. The van der Waals surface area contributed by atoms with Crippen molar-refractivity contribution < 1.29 is 13.2 Å². The van der Waals surface area contributed by atoms with Gasteiger partial charge in [0.2, 0.25) is 10.9 Å². The van der Waals surface area contributed by atoms with Crippen LogP contribution in [-0.4, -0.2) is 45.1 Å². The van der Waals surface area contributed by atoms with Gasteiger partial charge in [0, 0.05) is 31.1 Å². The minimum atomic E-state index is -2.48. The molecule has 3 rings (SSSR count).